The van der Waals surface area contributed by atoms with Crippen LogP contribution in [0, 0.1) is 0 Å². The van der Waals surface area contributed by atoms with Crippen LogP contribution in [0.4, 0.5) is 0 Å². The highest BCUT2D eigenvalue weighted by atomic mass is 16.3. The Kier molecular flexibility index (Phi) is 3.36. The number of hydrogen-bond acceptors (Lipinski definition) is 3. The van der Waals surface area contributed by atoms with E-state index in [-0.39, 0.29) is 6.61 Å². The number of nitrogens with zero attached hydrogens (tertiary/aromatic N) is 4. The smallest absolute Gasteiger partial charge is 0.146 e. The van der Waals surface area contributed by atoms with Gasteiger partial charge in [0, 0.05) is 18.4 Å². The van der Waals surface area contributed by atoms with Crippen molar-refractivity contribution in [1.29, 1.82) is 0 Å². The Morgan fingerprint density at radius 2 is 2.31 bits per heavy atom. The van der Waals surface area contributed by atoms with E-state index in [1.54, 1.807) is 6.33 Å². The van der Waals surface area contributed by atoms with Crippen LogP contribution in [-0.2, 0) is 19.7 Å². The minimum absolute atomic E-state index is 0.0505. The molecule has 0 radical (unpaired) electrons. The lowest BCUT2D eigenvalue weighted by Gasteiger charge is -2.08. The fourth-order valence-corrected chi connectivity index (χ4v) is 1.71. The van der Waals surface area contributed by atoms with Gasteiger partial charge in [-0.1, -0.05) is 6.92 Å². The summed E-state index contributed by atoms with van der Waals surface area (Å²) < 4.78 is 3.89. The third-order valence-electron chi connectivity index (χ3n) is 2.53. The van der Waals surface area contributed by atoms with Gasteiger partial charge < -0.3 is 9.67 Å². The second-order valence-electron chi connectivity index (χ2n) is 3.68. The first kappa shape index (κ1) is 10.9. The summed E-state index contributed by atoms with van der Waals surface area (Å²) in [5, 5.41) is 13.3. The van der Waals surface area contributed by atoms with Gasteiger partial charge in [0.25, 0.3) is 0 Å². The predicted octanol–water partition coefficient (Wildman–Crippen LogP) is 1.03. The summed E-state index contributed by atoms with van der Waals surface area (Å²) in [7, 11) is 0. The van der Waals surface area contributed by atoms with Gasteiger partial charge in [0.15, 0.2) is 0 Å². The summed E-state index contributed by atoms with van der Waals surface area (Å²) in [6.07, 6.45) is 4.55. The lowest BCUT2D eigenvalue weighted by Crippen LogP contribution is -2.11. The minimum atomic E-state index is 0.0505. The maximum Gasteiger partial charge on any atom is 0.146 e. The molecule has 5 heteroatoms. The number of aliphatic hydroxyl groups is 1. The zero-order chi connectivity index (χ0) is 11.4. The molecule has 0 aliphatic heterocycles. The molecule has 1 N–H and O–H groups in total. The number of aliphatic hydroxyl groups excluding tert-OH is 1. The molecule has 0 unspecified atom stereocenters. The van der Waals surface area contributed by atoms with Crippen molar-refractivity contribution in [2.75, 3.05) is 0 Å². The minimum Gasteiger partial charge on any atom is -0.390 e. The van der Waals surface area contributed by atoms with E-state index < -0.39 is 0 Å². The average molecular weight is 220 g/mol. The van der Waals surface area contributed by atoms with Gasteiger partial charge >= 0.3 is 0 Å². The summed E-state index contributed by atoms with van der Waals surface area (Å²) in [4.78, 5) is 4.23. The van der Waals surface area contributed by atoms with E-state index in [1.807, 2.05) is 27.6 Å². The first-order valence-electron chi connectivity index (χ1n) is 5.46. The highest BCUT2D eigenvalue weighted by Gasteiger charge is 2.06. The molecular weight excluding hydrogens is 204 g/mol. The first-order chi connectivity index (χ1) is 7.85. The summed E-state index contributed by atoms with van der Waals surface area (Å²) in [5.41, 5.74) is 0.894. The quantitative estimate of drug-likeness (QED) is 0.818. The van der Waals surface area contributed by atoms with Crippen LogP contribution in [0.3, 0.4) is 0 Å². The van der Waals surface area contributed by atoms with Crippen LogP contribution in [0.15, 0.2) is 24.7 Å². The molecule has 0 fully saturated rings. The van der Waals surface area contributed by atoms with E-state index in [2.05, 4.69) is 17.0 Å². The van der Waals surface area contributed by atoms with Crippen molar-refractivity contribution in [3.8, 4) is 0 Å². The molecule has 0 aliphatic carbocycles. The molecule has 0 saturated heterocycles. The van der Waals surface area contributed by atoms with Gasteiger partial charge in [-0.3, -0.25) is 0 Å². The van der Waals surface area contributed by atoms with Crippen LogP contribution >= 0.6 is 0 Å². The summed E-state index contributed by atoms with van der Waals surface area (Å²) in [5.74, 6) is 0.924. The lowest BCUT2D eigenvalue weighted by atomic mass is 10.4. The SMILES string of the molecule is CCCn1ncnc1Cn1cccc1CO. The summed E-state index contributed by atoms with van der Waals surface area (Å²) in [6.45, 7) is 3.70. The van der Waals surface area contributed by atoms with Crippen LogP contribution in [-0.4, -0.2) is 24.4 Å². The van der Waals surface area contributed by atoms with Crippen molar-refractivity contribution in [3.05, 3.63) is 36.2 Å². The Morgan fingerprint density at radius 3 is 3.06 bits per heavy atom. The number of aromatic nitrogens is 4. The van der Waals surface area contributed by atoms with E-state index in [4.69, 9.17) is 5.11 Å². The third-order valence-corrected chi connectivity index (χ3v) is 2.53. The molecule has 2 aromatic heterocycles. The van der Waals surface area contributed by atoms with Crippen molar-refractivity contribution in [2.24, 2.45) is 0 Å². The molecule has 2 heterocycles. The zero-order valence-electron chi connectivity index (χ0n) is 9.37. The summed E-state index contributed by atoms with van der Waals surface area (Å²) in [6, 6.07) is 3.83. The van der Waals surface area contributed by atoms with Crippen molar-refractivity contribution < 1.29 is 5.11 Å². The fourth-order valence-electron chi connectivity index (χ4n) is 1.71. The van der Waals surface area contributed by atoms with Crippen LogP contribution in [0.5, 0.6) is 0 Å². The van der Waals surface area contributed by atoms with E-state index >= 15 is 0 Å². The maximum absolute atomic E-state index is 9.14. The largest absolute Gasteiger partial charge is 0.390 e. The molecule has 0 bridgehead atoms. The van der Waals surface area contributed by atoms with Crippen LogP contribution in [0.1, 0.15) is 24.9 Å². The highest BCUT2D eigenvalue weighted by molar-refractivity contribution is 5.07. The van der Waals surface area contributed by atoms with Crippen molar-refractivity contribution in [2.45, 2.75) is 33.0 Å². The van der Waals surface area contributed by atoms with Gasteiger partial charge in [0.05, 0.1) is 13.2 Å². The van der Waals surface area contributed by atoms with Crippen molar-refractivity contribution >= 4 is 0 Å². The number of rotatable bonds is 5. The average Bonchev–Trinajstić information content (AvgIpc) is 2.89. The van der Waals surface area contributed by atoms with Gasteiger partial charge in [-0.25, -0.2) is 9.67 Å². The standard InChI is InChI=1S/C11H16N4O/c1-2-5-15-11(12-9-13-15)7-14-6-3-4-10(14)8-16/h3-4,6,9,16H,2,5,7-8H2,1H3. The maximum atomic E-state index is 9.14. The third kappa shape index (κ3) is 2.14. The molecule has 5 nitrogen and oxygen atoms in total. The molecule has 2 aromatic rings. The van der Waals surface area contributed by atoms with Gasteiger partial charge in [-0.15, -0.1) is 0 Å². The Bertz CT molecular complexity index is 446. The number of aryl methyl sites for hydroxylation is 1. The second-order valence-corrected chi connectivity index (χ2v) is 3.68. The fraction of sp³-hybridized carbons (Fsp3) is 0.455. The molecule has 0 spiro atoms. The lowest BCUT2D eigenvalue weighted by molar-refractivity contribution is 0.271. The van der Waals surface area contributed by atoms with E-state index in [0.29, 0.717) is 6.54 Å². The van der Waals surface area contributed by atoms with Gasteiger partial charge in [0.2, 0.25) is 0 Å². The normalized spacial score (nSPS) is 10.9. The van der Waals surface area contributed by atoms with E-state index in [0.717, 1.165) is 24.5 Å². The van der Waals surface area contributed by atoms with Crippen molar-refractivity contribution in [1.82, 2.24) is 19.3 Å². The highest BCUT2D eigenvalue weighted by Crippen LogP contribution is 2.06. The van der Waals surface area contributed by atoms with Gasteiger partial charge in [-0.2, -0.15) is 5.10 Å². The molecule has 16 heavy (non-hydrogen) atoms. The Balaban J connectivity index is 2.17. The Hall–Kier alpha value is -1.62. The van der Waals surface area contributed by atoms with Crippen LogP contribution < -0.4 is 0 Å². The topological polar surface area (TPSA) is 55.9 Å². The van der Waals surface area contributed by atoms with Crippen molar-refractivity contribution in [3.63, 3.8) is 0 Å². The molecule has 0 aromatic carbocycles. The molecule has 0 amide bonds. The predicted molar refractivity (Wildman–Crippen MR) is 59.8 cm³/mol. The number of hydrogen-bond donors (Lipinski definition) is 1. The van der Waals surface area contributed by atoms with Gasteiger partial charge in [0.1, 0.15) is 12.2 Å². The van der Waals surface area contributed by atoms with E-state index in [9.17, 15) is 0 Å². The second kappa shape index (κ2) is 4.94. The Morgan fingerprint density at radius 1 is 1.44 bits per heavy atom. The molecule has 0 aliphatic rings. The van der Waals surface area contributed by atoms with Gasteiger partial charge in [-0.05, 0) is 18.6 Å². The van der Waals surface area contributed by atoms with Crippen LogP contribution in [0.25, 0.3) is 0 Å². The molecule has 0 atom stereocenters. The summed E-state index contributed by atoms with van der Waals surface area (Å²) >= 11 is 0. The molecular formula is C11H16N4O. The molecule has 0 saturated carbocycles. The molecule has 2 rings (SSSR count). The first-order valence-corrected chi connectivity index (χ1v) is 5.46. The van der Waals surface area contributed by atoms with Crippen LogP contribution in [0.2, 0.25) is 0 Å². The monoisotopic (exact) mass is 220 g/mol. The Labute approximate surface area is 94.4 Å². The van der Waals surface area contributed by atoms with E-state index in [1.165, 1.54) is 0 Å². The zero-order valence-corrected chi connectivity index (χ0v) is 9.37. The molecule has 86 valence electrons.